The molecule has 7 nitrogen and oxygen atoms in total. The minimum absolute atomic E-state index is 0.0841. The Morgan fingerprint density at radius 2 is 1.46 bits per heavy atom. The maximum absolute atomic E-state index is 12.1. The maximum atomic E-state index is 12.1. The van der Waals surface area contributed by atoms with E-state index in [1.54, 1.807) is 45.0 Å². The first-order chi connectivity index (χ1) is 11.9. The number of hydrogen-bond donors (Lipinski definition) is 3. The van der Waals surface area contributed by atoms with Gasteiger partial charge in [0.2, 0.25) is 11.8 Å². The molecule has 0 aliphatic heterocycles. The molecule has 1 rings (SSSR count). The van der Waals surface area contributed by atoms with Crippen LogP contribution in [0.25, 0.3) is 0 Å². The molecule has 7 heteroatoms. The topological polar surface area (TPSA) is 96.5 Å². The standard InChI is InChI=1S/C19H29N3O4/c1-18(2,3)16(24)22-14-10-8-7-9-13(14)21-15(23)11-12-20-17(25)26-19(4,5)6/h7-10H,11-12H2,1-6H3,(H,20,25)(H,21,23)(H,22,24). The van der Waals surface area contributed by atoms with Crippen molar-refractivity contribution in [1.82, 2.24) is 5.32 Å². The lowest BCUT2D eigenvalue weighted by molar-refractivity contribution is -0.123. The highest BCUT2D eigenvalue weighted by Gasteiger charge is 2.22. The summed E-state index contributed by atoms with van der Waals surface area (Å²) in [4.78, 5) is 35.8. The van der Waals surface area contributed by atoms with Gasteiger partial charge in [-0.2, -0.15) is 0 Å². The van der Waals surface area contributed by atoms with Crippen molar-refractivity contribution in [1.29, 1.82) is 0 Å². The molecule has 0 atom stereocenters. The Balaban J connectivity index is 2.57. The number of hydrogen-bond acceptors (Lipinski definition) is 4. The van der Waals surface area contributed by atoms with Crippen molar-refractivity contribution < 1.29 is 19.1 Å². The fourth-order valence-electron chi connectivity index (χ4n) is 1.82. The van der Waals surface area contributed by atoms with E-state index >= 15 is 0 Å². The fraction of sp³-hybridized carbons (Fsp3) is 0.526. The van der Waals surface area contributed by atoms with Crippen LogP contribution in [-0.2, 0) is 14.3 Å². The average molecular weight is 363 g/mol. The molecule has 0 aliphatic carbocycles. The quantitative estimate of drug-likeness (QED) is 0.745. The van der Waals surface area contributed by atoms with Gasteiger partial charge in [0.1, 0.15) is 5.60 Å². The molecule has 0 unspecified atom stereocenters. The van der Waals surface area contributed by atoms with Crippen molar-refractivity contribution in [2.24, 2.45) is 5.41 Å². The summed E-state index contributed by atoms with van der Waals surface area (Å²) in [5.41, 5.74) is -0.0985. The van der Waals surface area contributed by atoms with Gasteiger partial charge in [-0.05, 0) is 32.9 Å². The van der Waals surface area contributed by atoms with Gasteiger partial charge in [0, 0.05) is 18.4 Å². The third-order valence-corrected chi connectivity index (χ3v) is 3.15. The van der Waals surface area contributed by atoms with E-state index in [-0.39, 0.29) is 24.8 Å². The lowest BCUT2D eigenvalue weighted by Crippen LogP contribution is -2.34. The fourth-order valence-corrected chi connectivity index (χ4v) is 1.82. The monoisotopic (exact) mass is 363 g/mol. The number of anilines is 2. The molecule has 0 saturated carbocycles. The molecule has 144 valence electrons. The Labute approximate surface area is 154 Å². The molecule has 0 aromatic heterocycles. The zero-order chi connectivity index (χ0) is 20.0. The number of benzene rings is 1. The first kappa shape index (κ1) is 21.5. The van der Waals surface area contributed by atoms with Gasteiger partial charge in [-0.1, -0.05) is 32.9 Å². The predicted molar refractivity (Wildman–Crippen MR) is 102 cm³/mol. The highest BCUT2D eigenvalue weighted by atomic mass is 16.6. The maximum Gasteiger partial charge on any atom is 0.407 e. The minimum atomic E-state index is -0.587. The lowest BCUT2D eigenvalue weighted by Gasteiger charge is -2.20. The molecule has 0 heterocycles. The molecule has 0 saturated heterocycles. The second-order valence-corrected chi connectivity index (χ2v) is 7.98. The minimum Gasteiger partial charge on any atom is -0.444 e. The Kier molecular flexibility index (Phi) is 7.18. The van der Waals surface area contributed by atoms with E-state index in [4.69, 9.17) is 4.74 Å². The molecule has 3 N–H and O–H groups in total. The second-order valence-electron chi connectivity index (χ2n) is 7.98. The average Bonchev–Trinajstić information content (AvgIpc) is 2.46. The van der Waals surface area contributed by atoms with Crippen molar-refractivity contribution in [3.8, 4) is 0 Å². The van der Waals surface area contributed by atoms with Crippen molar-refractivity contribution in [3.05, 3.63) is 24.3 Å². The van der Waals surface area contributed by atoms with Crippen LogP contribution in [0.1, 0.15) is 48.0 Å². The zero-order valence-corrected chi connectivity index (χ0v) is 16.4. The predicted octanol–water partition coefficient (Wildman–Crippen LogP) is 3.52. The lowest BCUT2D eigenvalue weighted by atomic mass is 9.95. The highest BCUT2D eigenvalue weighted by Crippen LogP contribution is 2.24. The van der Waals surface area contributed by atoms with Crippen LogP contribution in [0.15, 0.2) is 24.3 Å². The third kappa shape index (κ3) is 8.00. The number of para-hydroxylation sites is 2. The van der Waals surface area contributed by atoms with Crippen LogP contribution in [-0.4, -0.2) is 30.1 Å². The van der Waals surface area contributed by atoms with Crippen LogP contribution < -0.4 is 16.0 Å². The number of ether oxygens (including phenoxy) is 1. The number of carbonyl (C=O) groups is 3. The summed E-state index contributed by atoms with van der Waals surface area (Å²) in [7, 11) is 0. The van der Waals surface area contributed by atoms with Crippen LogP contribution >= 0.6 is 0 Å². The van der Waals surface area contributed by atoms with Gasteiger partial charge in [-0.3, -0.25) is 9.59 Å². The Hall–Kier alpha value is -2.57. The first-order valence-corrected chi connectivity index (χ1v) is 8.56. The molecular formula is C19H29N3O4. The van der Waals surface area contributed by atoms with Crippen LogP contribution in [0.3, 0.4) is 0 Å². The largest absolute Gasteiger partial charge is 0.444 e. The van der Waals surface area contributed by atoms with E-state index in [1.165, 1.54) is 0 Å². The molecule has 1 aromatic rings. The summed E-state index contributed by atoms with van der Waals surface area (Å²) in [6.45, 7) is 10.9. The SMILES string of the molecule is CC(C)(C)OC(=O)NCCC(=O)Nc1ccccc1NC(=O)C(C)(C)C. The molecule has 26 heavy (non-hydrogen) atoms. The molecule has 0 aliphatic rings. The molecule has 0 bridgehead atoms. The Bertz CT molecular complexity index is 657. The van der Waals surface area contributed by atoms with Crippen LogP contribution in [0.5, 0.6) is 0 Å². The summed E-state index contributed by atoms with van der Waals surface area (Å²) in [6, 6.07) is 6.97. The van der Waals surface area contributed by atoms with Crippen LogP contribution in [0.2, 0.25) is 0 Å². The van der Waals surface area contributed by atoms with Crippen molar-refractivity contribution in [2.75, 3.05) is 17.2 Å². The van der Waals surface area contributed by atoms with Gasteiger partial charge in [0.05, 0.1) is 11.4 Å². The van der Waals surface area contributed by atoms with Gasteiger partial charge >= 0.3 is 6.09 Å². The number of nitrogens with one attached hydrogen (secondary N) is 3. The Morgan fingerprint density at radius 1 is 0.923 bits per heavy atom. The van der Waals surface area contributed by atoms with Gasteiger partial charge < -0.3 is 20.7 Å². The van der Waals surface area contributed by atoms with Gasteiger partial charge in [0.15, 0.2) is 0 Å². The normalized spacial score (nSPS) is 11.5. The molecule has 1 aromatic carbocycles. The van der Waals surface area contributed by atoms with E-state index in [0.717, 1.165) is 0 Å². The highest BCUT2D eigenvalue weighted by molar-refractivity contribution is 6.01. The number of carbonyl (C=O) groups excluding carboxylic acids is 3. The zero-order valence-electron chi connectivity index (χ0n) is 16.4. The number of amides is 3. The third-order valence-electron chi connectivity index (χ3n) is 3.15. The first-order valence-electron chi connectivity index (χ1n) is 8.56. The number of alkyl carbamates (subject to hydrolysis) is 1. The van der Waals surface area contributed by atoms with E-state index in [2.05, 4.69) is 16.0 Å². The summed E-state index contributed by atoms with van der Waals surface area (Å²) >= 11 is 0. The van der Waals surface area contributed by atoms with Crippen molar-refractivity contribution in [3.63, 3.8) is 0 Å². The number of rotatable bonds is 5. The van der Waals surface area contributed by atoms with E-state index in [1.807, 2.05) is 20.8 Å². The smallest absolute Gasteiger partial charge is 0.407 e. The van der Waals surface area contributed by atoms with E-state index in [9.17, 15) is 14.4 Å². The molecule has 0 fully saturated rings. The molecule has 3 amide bonds. The van der Waals surface area contributed by atoms with Crippen molar-refractivity contribution in [2.45, 2.75) is 53.6 Å². The van der Waals surface area contributed by atoms with E-state index < -0.39 is 17.1 Å². The molecule has 0 radical (unpaired) electrons. The van der Waals surface area contributed by atoms with Crippen molar-refractivity contribution >= 4 is 29.3 Å². The summed E-state index contributed by atoms with van der Waals surface area (Å²) in [6.07, 6.45) is -0.482. The van der Waals surface area contributed by atoms with E-state index in [0.29, 0.717) is 11.4 Å². The van der Waals surface area contributed by atoms with Crippen LogP contribution in [0.4, 0.5) is 16.2 Å². The Morgan fingerprint density at radius 3 is 1.96 bits per heavy atom. The second kappa shape index (κ2) is 8.69. The summed E-state index contributed by atoms with van der Waals surface area (Å²) in [5.74, 6) is -0.427. The summed E-state index contributed by atoms with van der Waals surface area (Å²) < 4.78 is 5.10. The van der Waals surface area contributed by atoms with Gasteiger partial charge in [-0.25, -0.2) is 4.79 Å². The summed E-state index contributed by atoms with van der Waals surface area (Å²) in [5, 5.41) is 8.09. The van der Waals surface area contributed by atoms with Crippen LogP contribution in [0, 0.1) is 5.41 Å². The van der Waals surface area contributed by atoms with Gasteiger partial charge in [0.25, 0.3) is 0 Å². The van der Waals surface area contributed by atoms with Gasteiger partial charge in [-0.15, -0.1) is 0 Å². The molecule has 0 spiro atoms. The molecular weight excluding hydrogens is 334 g/mol.